The van der Waals surface area contributed by atoms with Crippen molar-refractivity contribution in [3.8, 4) is 0 Å². The Kier molecular flexibility index (Phi) is 6.41. The minimum atomic E-state index is -0.474. The van der Waals surface area contributed by atoms with Crippen LogP contribution >= 0.6 is 0 Å². The minimum absolute atomic E-state index is 0.00575. The third-order valence-electron chi connectivity index (χ3n) is 5.71. The van der Waals surface area contributed by atoms with Crippen molar-refractivity contribution in [2.45, 2.75) is 31.6 Å². The van der Waals surface area contributed by atoms with E-state index in [0.717, 1.165) is 16.7 Å². The first kappa shape index (κ1) is 22.1. The van der Waals surface area contributed by atoms with Crippen LogP contribution in [0.5, 0.6) is 0 Å². The fourth-order valence-corrected chi connectivity index (χ4v) is 4.00. The number of nitro groups is 2. The zero-order valence-electron chi connectivity index (χ0n) is 17.7. The average molecular weight is 446 g/mol. The summed E-state index contributed by atoms with van der Waals surface area (Å²) in [6.07, 6.45) is 0.605. The molecule has 0 bridgehead atoms. The number of hydrogen-bond donors (Lipinski definition) is 1. The number of nitrogens with zero attached hydrogens (tertiary/aromatic N) is 3. The summed E-state index contributed by atoms with van der Waals surface area (Å²) in [7, 11) is 0. The second-order valence-electron chi connectivity index (χ2n) is 7.94. The van der Waals surface area contributed by atoms with Gasteiger partial charge in [0.05, 0.1) is 22.1 Å². The third kappa shape index (κ3) is 5.21. The van der Waals surface area contributed by atoms with Gasteiger partial charge < -0.3 is 4.90 Å². The van der Waals surface area contributed by atoms with Gasteiger partial charge in [-0.1, -0.05) is 54.6 Å². The molecule has 4 rings (SSSR count). The summed E-state index contributed by atoms with van der Waals surface area (Å²) in [6, 6.07) is 21.7. The lowest BCUT2D eigenvalue weighted by Gasteiger charge is -2.24. The van der Waals surface area contributed by atoms with Gasteiger partial charge in [-0.15, -0.1) is 0 Å². The van der Waals surface area contributed by atoms with Crippen LogP contribution in [0.1, 0.15) is 16.7 Å². The molecule has 1 aliphatic rings. The molecule has 1 saturated heterocycles. The second kappa shape index (κ2) is 9.58. The van der Waals surface area contributed by atoms with Gasteiger partial charge in [-0.3, -0.25) is 30.3 Å². The Morgan fingerprint density at radius 3 is 1.76 bits per heavy atom. The minimum Gasteiger partial charge on any atom is -0.321 e. The largest absolute Gasteiger partial charge is 0.321 e. The maximum absolute atomic E-state index is 13.3. The molecule has 9 nitrogen and oxygen atoms in total. The van der Waals surface area contributed by atoms with Crippen LogP contribution in [0.3, 0.4) is 0 Å². The Hall–Kier alpha value is -4.11. The average Bonchev–Trinajstić information content (AvgIpc) is 3.09. The molecule has 0 spiro atoms. The predicted molar refractivity (Wildman–Crippen MR) is 121 cm³/mol. The van der Waals surface area contributed by atoms with Gasteiger partial charge in [0.1, 0.15) is 0 Å². The van der Waals surface area contributed by atoms with Gasteiger partial charge >= 0.3 is 0 Å². The molecule has 0 radical (unpaired) electrons. The standard InChI is InChI=1S/C24H22N4O5/c29-24-22(14-17-6-10-20(11-7-17)27(30)31)25-23(26(24)16-19-4-2-1-3-5-19)15-18-8-12-21(13-9-18)28(32)33/h1-13,22-23,25H,14-16H2/t22-,23+/m0/s1. The lowest BCUT2D eigenvalue weighted by atomic mass is 10.1. The highest BCUT2D eigenvalue weighted by Gasteiger charge is 2.38. The Morgan fingerprint density at radius 2 is 1.24 bits per heavy atom. The first-order valence-electron chi connectivity index (χ1n) is 10.5. The van der Waals surface area contributed by atoms with Crippen LogP contribution in [0.2, 0.25) is 0 Å². The van der Waals surface area contributed by atoms with Crippen molar-refractivity contribution in [1.82, 2.24) is 10.2 Å². The summed E-state index contributed by atoms with van der Waals surface area (Å²) < 4.78 is 0. The number of non-ortho nitro benzene ring substituents is 2. The van der Waals surface area contributed by atoms with Crippen molar-refractivity contribution in [3.63, 3.8) is 0 Å². The Bertz CT molecular complexity index is 1150. The molecule has 3 aromatic rings. The summed E-state index contributed by atoms with van der Waals surface area (Å²) in [4.78, 5) is 36.0. The summed E-state index contributed by atoms with van der Waals surface area (Å²) in [5.41, 5.74) is 2.72. The van der Waals surface area contributed by atoms with Gasteiger partial charge in [-0.05, 0) is 23.1 Å². The lowest BCUT2D eigenvalue weighted by Crippen LogP contribution is -2.38. The Morgan fingerprint density at radius 1 is 0.727 bits per heavy atom. The van der Waals surface area contributed by atoms with Gasteiger partial charge in [0.25, 0.3) is 11.4 Å². The summed E-state index contributed by atoms with van der Waals surface area (Å²) >= 11 is 0. The fourth-order valence-electron chi connectivity index (χ4n) is 4.00. The summed E-state index contributed by atoms with van der Waals surface area (Å²) in [5, 5.41) is 25.2. The molecule has 3 aromatic carbocycles. The molecule has 1 amide bonds. The van der Waals surface area contributed by atoms with E-state index in [1.54, 1.807) is 29.2 Å². The number of amides is 1. The highest BCUT2D eigenvalue weighted by atomic mass is 16.6. The summed E-state index contributed by atoms with van der Waals surface area (Å²) in [6.45, 7) is 0.432. The topological polar surface area (TPSA) is 119 Å². The number of nitrogens with one attached hydrogen (secondary N) is 1. The zero-order valence-corrected chi connectivity index (χ0v) is 17.7. The van der Waals surface area contributed by atoms with Crippen molar-refractivity contribution in [1.29, 1.82) is 0 Å². The van der Waals surface area contributed by atoms with Crippen LogP contribution < -0.4 is 5.32 Å². The van der Waals surface area contributed by atoms with Crippen LogP contribution in [-0.4, -0.2) is 32.9 Å². The van der Waals surface area contributed by atoms with E-state index in [9.17, 15) is 25.0 Å². The smallest absolute Gasteiger partial charge is 0.269 e. The van der Waals surface area contributed by atoms with E-state index in [0.29, 0.717) is 19.4 Å². The molecular weight excluding hydrogens is 424 g/mol. The van der Waals surface area contributed by atoms with E-state index < -0.39 is 15.9 Å². The fraction of sp³-hybridized carbons (Fsp3) is 0.208. The molecule has 9 heteroatoms. The zero-order chi connectivity index (χ0) is 23.4. The van der Waals surface area contributed by atoms with Gasteiger partial charge in [-0.25, -0.2) is 0 Å². The molecule has 1 N–H and O–H groups in total. The molecule has 0 aromatic heterocycles. The number of hydrogen-bond acceptors (Lipinski definition) is 6. The number of nitro benzene ring substituents is 2. The molecule has 33 heavy (non-hydrogen) atoms. The van der Waals surface area contributed by atoms with Crippen LogP contribution in [0, 0.1) is 20.2 Å². The molecule has 1 aliphatic heterocycles. The third-order valence-corrected chi connectivity index (χ3v) is 5.71. The van der Waals surface area contributed by atoms with Crippen molar-refractivity contribution < 1.29 is 14.6 Å². The van der Waals surface area contributed by atoms with Gasteiger partial charge in [0.2, 0.25) is 5.91 Å². The maximum atomic E-state index is 13.3. The molecular formula is C24H22N4O5. The SMILES string of the molecule is O=C1[C@H](Cc2ccc([N+](=O)[O-])cc2)N[C@@H](Cc2ccc([N+](=O)[O-])cc2)N1Cc1ccccc1. The van der Waals surface area contributed by atoms with E-state index >= 15 is 0 Å². The Labute approximate surface area is 190 Å². The maximum Gasteiger partial charge on any atom is 0.269 e. The predicted octanol–water partition coefficient (Wildman–Crippen LogP) is 3.61. The van der Waals surface area contributed by atoms with E-state index in [-0.39, 0.29) is 23.4 Å². The quantitative estimate of drug-likeness (QED) is 0.417. The van der Waals surface area contributed by atoms with E-state index in [2.05, 4.69) is 5.32 Å². The van der Waals surface area contributed by atoms with Crippen molar-refractivity contribution >= 4 is 17.3 Å². The molecule has 1 fully saturated rings. The number of carbonyl (C=O) groups excluding carboxylic acids is 1. The first-order valence-corrected chi connectivity index (χ1v) is 10.5. The summed E-state index contributed by atoms with van der Waals surface area (Å²) in [5.74, 6) is -0.0517. The van der Waals surface area contributed by atoms with E-state index in [1.165, 1.54) is 24.3 Å². The van der Waals surface area contributed by atoms with E-state index in [1.807, 2.05) is 30.3 Å². The number of carbonyl (C=O) groups is 1. The molecule has 168 valence electrons. The van der Waals surface area contributed by atoms with Gasteiger partial charge in [0.15, 0.2) is 0 Å². The van der Waals surface area contributed by atoms with Crippen molar-refractivity contribution in [2.24, 2.45) is 0 Å². The van der Waals surface area contributed by atoms with Crippen molar-refractivity contribution in [3.05, 3.63) is 116 Å². The van der Waals surface area contributed by atoms with Crippen molar-refractivity contribution in [2.75, 3.05) is 0 Å². The molecule has 0 unspecified atom stereocenters. The van der Waals surface area contributed by atoms with E-state index in [4.69, 9.17) is 0 Å². The van der Waals surface area contributed by atoms with Crippen LogP contribution in [-0.2, 0) is 24.2 Å². The van der Waals surface area contributed by atoms with Crippen LogP contribution in [0.25, 0.3) is 0 Å². The van der Waals surface area contributed by atoms with Gasteiger partial charge in [0, 0.05) is 37.2 Å². The Balaban J connectivity index is 1.53. The molecule has 1 heterocycles. The highest BCUT2D eigenvalue weighted by Crippen LogP contribution is 2.23. The monoisotopic (exact) mass is 446 g/mol. The second-order valence-corrected chi connectivity index (χ2v) is 7.94. The highest BCUT2D eigenvalue weighted by molar-refractivity contribution is 5.84. The van der Waals surface area contributed by atoms with Crippen LogP contribution in [0.15, 0.2) is 78.9 Å². The van der Waals surface area contributed by atoms with Gasteiger partial charge in [-0.2, -0.15) is 0 Å². The normalized spacial score (nSPS) is 17.8. The molecule has 0 saturated carbocycles. The lowest BCUT2D eigenvalue weighted by molar-refractivity contribution is -0.385. The molecule has 2 atom stereocenters. The molecule has 0 aliphatic carbocycles. The number of benzene rings is 3. The first-order chi connectivity index (χ1) is 15.9. The van der Waals surface area contributed by atoms with Crippen LogP contribution in [0.4, 0.5) is 11.4 Å². The number of rotatable bonds is 8.